The number of fused-ring (bicyclic) bond motifs is 2. The third kappa shape index (κ3) is 3.92. The summed E-state index contributed by atoms with van der Waals surface area (Å²) in [7, 11) is 0. The molecule has 4 aliphatic rings. The van der Waals surface area contributed by atoms with E-state index >= 15 is 0 Å². The molecule has 1 aromatic rings. The van der Waals surface area contributed by atoms with Crippen LogP contribution in [-0.4, -0.2) is 47.4 Å². The Morgan fingerprint density at radius 2 is 1.87 bits per heavy atom. The van der Waals surface area contributed by atoms with Gasteiger partial charge in [-0.25, -0.2) is 0 Å². The summed E-state index contributed by atoms with van der Waals surface area (Å²) in [6, 6.07) is 6.46. The molecule has 164 valence electrons. The molecule has 1 amide bonds. The summed E-state index contributed by atoms with van der Waals surface area (Å²) in [6.45, 7) is 1.39. The van der Waals surface area contributed by atoms with Gasteiger partial charge in [0.15, 0.2) is 11.5 Å². The molecule has 3 atom stereocenters. The molecule has 0 spiro atoms. The Bertz CT molecular complexity index is 778. The molecule has 0 aromatic heterocycles. The molecular formula is C24H34N2O4. The number of likely N-dealkylation sites (tertiary alicyclic amines) is 1. The van der Waals surface area contributed by atoms with E-state index < -0.39 is 5.60 Å². The molecule has 6 nitrogen and oxygen atoms in total. The summed E-state index contributed by atoms with van der Waals surface area (Å²) in [4.78, 5) is 15.2. The van der Waals surface area contributed by atoms with Gasteiger partial charge in [0.05, 0.1) is 12.1 Å². The molecule has 2 N–H and O–H groups in total. The highest BCUT2D eigenvalue weighted by atomic mass is 16.7. The Labute approximate surface area is 178 Å². The Kier molecular flexibility index (Phi) is 5.63. The molecule has 0 radical (unpaired) electrons. The molecule has 0 bridgehead atoms. The summed E-state index contributed by atoms with van der Waals surface area (Å²) in [5.74, 6) is 1.80. The average Bonchev–Trinajstić information content (AvgIpc) is 3.22. The van der Waals surface area contributed by atoms with Crippen molar-refractivity contribution in [1.82, 2.24) is 10.2 Å². The van der Waals surface area contributed by atoms with Crippen molar-refractivity contribution in [3.8, 4) is 11.5 Å². The molecule has 1 saturated heterocycles. The zero-order valence-corrected chi connectivity index (χ0v) is 17.8. The van der Waals surface area contributed by atoms with Gasteiger partial charge in [-0.05, 0) is 49.8 Å². The van der Waals surface area contributed by atoms with Crippen molar-refractivity contribution in [2.75, 3.05) is 19.9 Å². The van der Waals surface area contributed by atoms with Crippen LogP contribution in [0.3, 0.4) is 0 Å². The van der Waals surface area contributed by atoms with Crippen LogP contribution in [0.2, 0.25) is 0 Å². The van der Waals surface area contributed by atoms with Gasteiger partial charge in [-0.15, -0.1) is 0 Å². The fourth-order valence-corrected chi connectivity index (χ4v) is 6.16. The number of amides is 1. The Balaban J connectivity index is 1.38. The first kappa shape index (κ1) is 20.1. The van der Waals surface area contributed by atoms with E-state index in [1.165, 1.54) is 19.3 Å². The Hall–Kier alpha value is -1.79. The smallest absolute Gasteiger partial charge is 0.234 e. The number of carbonyl (C=O) groups excluding carboxylic acids is 1. The van der Waals surface area contributed by atoms with E-state index in [0.717, 1.165) is 68.6 Å². The second-order valence-electron chi connectivity index (χ2n) is 9.64. The molecule has 3 fully saturated rings. The standard InChI is InChI=1S/C24H34N2O4/c27-22(25-18-6-2-1-3-7-18)15-26-13-12-24(28)11-5-4-8-19(24)23(26)17-9-10-20-21(14-17)30-16-29-20/h9-10,14,18-19,23,28H,1-8,11-13,15-16H2,(H,25,27)/t19-,23+,24-/m1/s1. The molecule has 1 aromatic carbocycles. The van der Waals surface area contributed by atoms with Crippen molar-refractivity contribution in [3.63, 3.8) is 0 Å². The maximum Gasteiger partial charge on any atom is 0.234 e. The Morgan fingerprint density at radius 1 is 1.07 bits per heavy atom. The highest BCUT2D eigenvalue weighted by molar-refractivity contribution is 5.78. The fourth-order valence-electron chi connectivity index (χ4n) is 6.16. The first-order valence-corrected chi connectivity index (χ1v) is 11.8. The Morgan fingerprint density at radius 3 is 2.73 bits per heavy atom. The number of piperidine rings is 1. The SMILES string of the molecule is O=C(CN1CC[C@]2(O)CCCC[C@@H]2[C@@H]1c1ccc2c(c1)OCO2)NC1CCCCC1. The third-order valence-electron chi connectivity index (χ3n) is 7.73. The summed E-state index contributed by atoms with van der Waals surface area (Å²) >= 11 is 0. The molecule has 6 heteroatoms. The summed E-state index contributed by atoms with van der Waals surface area (Å²) in [6.07, 6.45) is 10.7. The number of hydrogen-bond donors (Lipinski definition) is 2. The van der Waals surface area contributed by atoms with Crippen molar-refractivity contribution in [2.24, 2.45) is 5.92 Å². The lowest BCUT2D eigenvalue weighted by atomic mass is 9.66. The monoisotopic (exact) mass is 414 g/mol. The van der Waals surface area contributed by atoms with Crippen LogP contribution in [0.1, 0.15) is 75.8 Å². The second kappa shape index (κ2) is 8.39. The van der Waals surface area contributed by atoms with Crippen LogP contribution in [0, 0.1) is 5.92 Å². The predicted octanol–water partition coefficient (Wildman–Crippen LogP) is 3.53. The van der Waals surface area contributed by atoms with E-state index in [1.54, 1.807) is 0 Å². The predicted molar refractivity (Wildman–Crippen MR) is 113 cm³/mol. The number of nitrogens with zero attached hydrogens (tertiary/aromatic N) is 1. The van der Waals surface area contributed by atoms with Crippen LogP contribution in [-0.2, 0) is 4.79 Å². The van der Waals surface area contributed by atoms with Crippen molar-refractivity contribution in [3.05, 3.63) is 23.8 Å². The largest absolute Gasteiger partial charge is 0.454 e. The molecule has 30 heavy (non-hydrogen) atoms. The lowest BCUT2D eigenvalue weighted by Crippen LogP contribution is -2.56. The van der Waals surface area contributed by atoms with Gasteiger partial charge in [-0.1, -0.05) is 38.2 Å². The zero-order chi connectivity index (χ0) is 20.6. The number of carbonyl (C=O) groups is 1. The minimum Gasteiger partial charge on any atom is -0.454 e. The number of benzene rings is 1. The lowest BCUT2D eigenvalue weighted by Gasteiger charge is -2.52. The van der Waals surface area contributed by atoms with Gasteiger partial charge in [0.25, 0.3) is 0 Å². The molecule has 2 aliphatic carbocycles. The van der Waals surface area contributed by atoms with Crippen LogP contribution in [0.5, 0.6) is 11.5 Å². The van der Waals surface area contributed by atoms with Crippen LogP contribution < -0.4 is 14.8 Å². The highest BCUT2D eigenvalue weighted by Gasteiger charge is 2.49. The van der Waals surface area contributed by atoms with Crippen LogP contribution in [0.25, 0.3) is 0 Å². The van der Waals surface area contributed by atoms with Crippen LogP contribution in [0.4, 0.5) is 0 Å². The van der Waals surface area contributed by atoms with Crippen LogP contribution in [0.15, 0.2) is 18.2 Å². The van der Waals surface area contributed by atoms with Crippen molar-refractivity contribution in [1.29, 1.82) is 0 Å². The maximum absolute atomic E-state index is 12.9. The van der Waals surface area contributed by atoms with Gasteiger partial charge in [0, 0.05) is 24.5 Å². The van der Waals surface area contributed by atoms with Gasteiger partial charge in [-0.3, -0.25) is 9.69 Å². The highest BCUT2D eigenvalue weighted by Crippen LogP contribution is 2.50. The lowest BCUT2D eigenvalue weighted by molar-refractivity contribution is -0.138. The van der Waals surface area contributed by atoms with Gasteiger partial charge in [0.2, 0.25) is 12.7 Å². The van der Waals surface area contributed by atoms with E-state index in [2.05, 4.69) is 22.3 Å². The quantitative estimate of drug-likeness (QED) is 0.789. The van der Waals surface area contributed by atoms with Crippen molar-refractivity contribution in [2.45, 2.75) is 81.9 Å². The van der Waals surface area contributed by atoms with E-state index in [1.807, 2.05) is 6.07 Å². The van der Waals surface area contributed by atoms with Crippen molar-refractivity contribution < 1.29 is 19.4 Å². The minimum absolute atomic E-state index is 0.0238. The molecule has 2 heterocycles. The zero-order valence-electron chi connectivity index (χ0n) is 17.8. The third-order valence-corrected chi connectivity index (χ3v) is 7.73. The number of rotatable bonds is 4. The minimum atomic E-state index is -0.629. The van der Waals surface area contributed by atoms with Crippen LogP contribution >= 0.6 is 0 Å². The number of aliphatic hydroxyl groups is 1. The molecule has 2 aliphatic heterocycles. The maximum atomic E-state index is 12.9. The molecule has 2 saturated carbocycles. The fraction of sp³-hybridized carbons (Fsp3) is 0.708. The van der Waals surface area contributed by atoms with E-state index in [9.17, 15) is 9.90 Å². The number of ether oxygens (including phenoxy) is 2. The van der Waals surface area contributed by atoms with Crippen molar-refractivity contribution >= 4 is 5.91 Å². The second-order valence-corrected chi connectivity index (χ2v) is 9.64. The molecule has 5 rings (SSSR count). The summed E-state index contributed by atoms with van der Waals surface area (Å²) < 4.78 is 11.1. The van der Waals surface area contributed by atoms with Gasteiger partial charge in [-0.2, -0.15) is 0 Å². The first-order chi connectivity index (χ1) is 14.6. The number of nitrogens with one attached hydrogen (secondary N) is 1. The molecule has 0 unspecified atom stereocenters. The summed E-state index contributed by atoms with van der Waals surface area (Å²) in [5.41, 5.74) is 0.491. The topological polar surface area (TPSA) is 71.0 Å². The van der Waals surface area contributed by atoms with Gasteiger partial charge in [0.1, 0.15) is 0 Å². The first-order valence-electron chi connectivity index (χ1n) is 11.8. The van der Waals surface area contributed by atoms with E-state index in [4.69, 9.17) is 9.47 Å². The van der Waals surface area contributed by atoms with Gasteiger partial charge >= 0.3 is 0 Å². The average molecular weight is 415 g/mol. The van der Waals surface area contributed by atoms with E-state index in [0.29, 0.717) is 12.6 Å². The normalized spacial score (nSPS) is 31.9. The summed E-state index contributed by atoms with van der Waals surface area (Å²) in [5, 5.41) is 14.7. The van der Waals surface area contributed by atoms with Gasteiger partial charge < -0.3 is 19.9 Å². The molecular weight excluding hydrogens is 380 g/mol. The number of hydrogen-bond acceptors (Lipinski definition) is 5. The van der Waals surface area contributed by atoms with E-state index in [-0.39, 0.29) is 24.7 Å².